The van der Waals surface area contributed by atoms with Crippen LogP contribution in [0.15, 0.2) is 41.6 Å². The van der Waals surface area contributed by atoms with E-state index in [1.807, 2.05) is 19.0 Å². The van der Waals surface area contributed by atoms with Gasteiger partial charge in [-0.3, -0.25) is 4.98 Å². The molecule has 1 aliphatic rings. The normalized spacial score (nSPS) is 17.3. The Morgan fingerprint density at radius 2 is 1.93 bits per heavy atom. The Balaban J connectivity index is 1.68. The van der Waals surface area contributed by atoms with Crippen molar-refractivity contribution in [3.05, 3.63) is 42.2 Å². The van der Waals surface area contributed by atoms with Crippen LogP contribution in [0.4, 0.5) is 5.82 Å². The van der Waals surface area contributed by atoms with E-state index in [2.05, 4.69) is 14.7 Å². The average Bonchev–Trinajstić information content (AvgIpc) is 3.17. The number of anilines is 1. The number of esters is 1. The molecule has 1 aliphatic heterocycles. The predicted molar refractivity (Wildman–Crippen MR) is 102 cm³/mol. The number of hydrogen-bond donors (Lipinski definition) is 0. The number of ether oxygens (including phenoxy) is 2. The van der Waals surface area contributed by atoms with Crippen LogP contribution in [-0.2, 0) is 14.8 Å². The minimum absolute atomic E-state index is 0.121. The number of methoxy groups -OCH3 is 1. The maximum absolute atomic E-state index is 12.8. The zero-order chi connectivity index (χ0) is 20.3. The topological polar surface area (TPSA) is 102 Å². The smallest absolute Gasteiger partial charge is 0.337 e. The van der Waals surface area contributed by atoms with Gasteiger partial charge in [-0.1, -0.05) is 0 Å². The van der Waals surface area contributed by atoms with Gasteiger partial charge in [0.25, 0.3) is 0 Å². The summed E-state index contributed by atoms with van der Waals surface area (Å²) in [5, 5.41) is 0. The van der Waals surface area contributed by atoms with Gasteiger partial charge in [-0.05, 0) is 30.7 Å². The summed E-state index contributed by atoms with van der Waals surface area (Å²) in [5.74, 6) is 0.503. The Hall–Kier alpha value is -2.72. The van der Waals surface area contributed by atoms with Crippen LogP contribution in [0.25, 0.3) is 0 Å². The van der Waals surface area contributed by atoms with Crippen LogP contribution in [0.5, 0.6) is 5.88 Å². The minimum atomic E-state index is -3.68. The predicted octanol–water partition coefficient (Wildman–Crippen LogP) is 1.17. The monoisotopic (exact) mass is 406 g/mol. The second kappa shape index (κ2) is 8.11. The number of hydrogen-bond acceptors (Lipinski definition) is 8. The summed E-state index contributed by atoms with van der Waals surface area (Å²) >= 11 is 0. The van der Waals surface area contributed by atoms with Crippen LogP contribution in [0.3, 0.4) is 0 Å². The molecule has 9 nitrogen and oxygen atoms in total. The van der Waals surface area contributed by atoms with Crippen LogP contribution in [-0.4, -0.2) is 69.1 Å². The molecule has 0 radical (unpaired) electrons. The van der Waals surface area contributed by atoms with E-state index in [-0.39, 0.29) is 17.5 Å². The molecule has 0 spiro atoms. The standard InChI is InChI=1S/C18H22N4O5S/c1-21(2)16-10-19-11-17(20-16)27-14-8-9-22(12-14)28(24,25)15-6-4-13(5-7-15)18(23)26-3/h4-7,10-11,14H,8-9,12H2,1-3H3. The fourth-order valence-corrected chi connectivity index (χ4v) is 4.31. The quantitative estimate of drug-likeness (QED) is 0.659. The number of carbonyl (C=O) groups is 1. The Morgan fingerprint density at radius 1 is 1.21 bits per heavy atom. The molecule has 0 aliphatic carbocycles. The first kappa shape index (κ1) is 20.0. The number of benzene rings is 1. The molecule has 0 bridgehead atoms. The minimum Gasteiger partial charge on any atom is -0.472 e. The second-order valence-electron chi connectivity index (χ2n) is 6.52. The zero-order valence-electron chi connectivity index (χ0n) is 15.9. The maximum Gasteiger partial charge on any atom is 0.337 e. The zero-order valence-corrected chi connectivity index (χ0v) is 16.7. The Labute approximate surface area is 164 Å². The summed E-state index contributed by atoms with van der Waals surface area (Å²) in [6, 6.07) is 5.68. The fraction of sp³-hybridized carbons (Fsp3) is 0.389. The molecule has 2 aromatic rings. The van der Waals surface area contributed by atoms with E-state index >= 15 is 0 Å². The molecule has 2 heterocycles. The largest absolute Gasteiger partial charge is 0.472 e. The maximum atomic E-state index is 12.8. The Bertz CT molecular complexity index is 947. The van der Waals surface area contributed by atoms with Gasteiger partial charge in [0.05, 0.1) is 36.5 Å². The van der Waals surface area contributed by atoms with Crippen molar-refractivity contribution in [2.75, 3.05) is 39.2 Å². The molecule has 150 valence electrons. The van der Waals surface area contributed by atoms with Crippen molar-refractivity contribution in [1.82, 2.24) is 14.3 Å². The van der Waals surface area contributed by atoms with Crippen molar-refractivity contribution in [1.29, 1.82) is 0 Å². The molecule has 3 rings (SSSR count). The first-order chi connectivity index (χ1) is 13.3. The van der Waals surface area contributed by atoms with Crippen LogP contribution in [0.2, 0.25) is 0 Å². The highest BCUT2D eigenvalue weighted by atomic mass is 32.2. The molecule has 0 N–H and O–H groups in total. The summed E-state index contributed by atoms with van der Waals surface area (Å²) in [7, 11) is 1.30. The van der Waals surface area contributed by atoms with Gasteiger partial charge in [-0.15, -0.1) is 0 Å². The van der Waals surface area contributed by atoms with E-state index in [0.717, 1.165) is 0 Å². The van der Waals surface area contributed by atoms with E-state index in [4.69, 9.17) is 4.74 Å². The van der Waals surface area contributed by atoms with Gasteiger partial charge in [-0.25, -0.2) is 13.2 Å². The van der Waals surface area contributed by atoms with Gasteiger partial charge < -0.3 is 14.4 Å². The number of carbonyl (C=O) groups excluding carboxylic acids is 1. The Morgan fingerprint density at radius 3 is 2.57 bits per heavy atom. The lowest BCUT2D eigenvalue weighted by Crippen LogP contribution is -2.31. The van der Waals surface area contributed by atoms with Crippen LogP contribution in [0.1, 0.15) is 16.8 Å². The summed E-state index contributed by atoms with van der Waals surface area (Å²) in [4.78, 5) is 21.9. The molecule has 1 aromatic heterocycles. The second-order valence-corrected chi connectivity index (χ2v) is 8.46. The van der Waals surface area contributed by atoms with Crippen LogP contribution < -0.4 is 9.64 Å². The van der Waals surface area contributed by atoms with Crippen LogP contribution >= 0.6 is 0 Å². The fourth-order valence-electron chi connectivity index (χ4n) is 2.82. The van der Waals surface area contributed by atoms with E-state index in [1.165, 1.54) is 41.9 Å². The highest BCUT2D eigenvalue weighted by Gasteiger charge is 2.34. The molecule has 0 amide bonds. The number of rotatable bonds is 6. The molecule has 1 fully saturated rings. The van der Waals surface area contributed by atoms with Crippen molar-refractivity contribution in [2.24, 2.45) is 0 Å². The summed E-state index contributed by atoms with van der Waals surface area (Å²) < 4.78 is 37.5. The third-order valence-electron chi connectivity index (χ3n) is 4.37. The van der Waals surface area contributed by atoms with Crippen molar-refractivity contribution >= 4 is 21.8 Å². The lowest BCUT2D eigenvalue weighted by molar-refractivity contribution is 0.0600. The first-order valence-electron chi connectivity index (χ1n) is 8.66. The lowest BCUT2D eigenvalue weighted by Gasteiger charge is -2.18. The molecule has 10 heteroatoms. The van der Waals surface area contributed by atoms with Crippen molar-refractivity contribution < 1.29 is 22.7 Å². The lowest BCUT2D eigenvalue weighted by atomic mass is 10.2. The van der Waals surface area contributed by atoms with Gasteiger partial charge in [-0.2, -0.15) is 9.29 Å². The van der Waals surface area contributed by atoms with Crippen LogP contribution in [0, 0.1) is 0 Å². The number of sulfonamides is 1. The SMILES string of the molecule is COC(=O)c1ccc(S(=O)(=O)N2CCC(Oc3cncc(N(C)C)n3)C2)cc1. The summed E-state index contributed by atoms with van der Waals surface area (Å²) in [6.45, 7) is 0.557. The molecule has 1 saturated heterocycles. The molecule has 1 unspecified atom stereocenters. The average molecular weight is 406 g/mol. The summed E-state index contributed by atoms with van der Waals surface area (Å²) in [5.41, 5.74) is 0.295. The molecule has 1 aromatic carbocycles. The van der Waals surface area contributed by atoms with E-state index in [1.54, 1.807) is 6.20 Å². The number of nitrogens with zero attached hydrogens (tertiary/aromatic N) is 4. The molecular formula is C18H22N4O5S. The molecule has 1 atom stereocenters. The van der Waals surface area contributed by atoms with Gasteiger partial charge in [0, 0.05) is 20.6 Å². The third-order valence-corrected chi connectivity index (χ3v) is 6.25. The first-order valence-corrected chi connectivity index (χ1v) is 10.1. The van der Waals surface area contributed by atoms with E-state index < -0.39 is 16.0 Å². The molecule has 0 saturated carbocycles. The number of aromatic nitrogens is 2. The van der Waals surface area contributed by atoms with E-state index in [0.29, 0.717) is 30.2 Å². The molecule has 28 heavy (non-hydrogen) atoms. The highest BCUT2D eigenvalue weighted by Crippen LogP contribution is 2.24. The van der Waals surface area contributed by atoms with Gasteiger partial charge in [0.15, 0.2) is 5.82 Å². The van der Waals surface area contributed by atoms with Crippen molar-refractivity contribution in [3.63, 3.8) is 0 Å². The van der Waals surface area contributed by atoms with Gasteiger partial charge >= 0.3 is 5.97 Å². The van der Waals surface area contributed by atoms with E-state index in [9.17, 15) is 13.2 Å². The van der Waals surface area contributed by atoms with Gasteiger partial charge in [0.2, 0.25) is 15.9 Å². The van der Waals surface area contributed by atoms with Crippen molar-refractivity contribution in [2.45, 2.75) is 17.4 Å². The van der Waals surface area contributed by atoms with Gasteiger partial charge in [0.1, 0.15) is 6.10 Å². The highest BCUT2D eigenvalue weighted by molar-refractivity contribution is 7.89. The summed E-state index contributed by atoms with van der Waals surface area (Å²) in [6.07, 6.45) is 3.37. The molecular weight excluding hydrogens is 384 g/mol. The van der Waals surface area contributed by atoms with Crippen molar-refractivity contribution in [3.8, 4) is 5.88 Å². The Kier molecular flexibility index (Phi) is 5.80. The third kappa shape index (κ3) is 4.23.